The van der Waals surface area contributed by atoms with Gasteiger partial charge in [0.15, 0.2) is 10.8 Å². The molecule has 2 N–H and O–H groups in total. The highest BCUT2D eigenvalue weighted by molar-refractivity contribution is 7.13. The number of piperazine rings is 1. The molecule has 4 heterocycles. The number of nitrogens with zero attached hydrogens (tertiary/aromatic N) is 8. The molecule has 2 aliphatic rings. The Bertz CT molecular complexity index is 1580. The van der Waals surface area contributed by atoms with Gasteiger partial charge in [0, 0.05) is 48.0 Å². The lowest BCUT2D eigenvalue weighted by Crippen LogP contribution is -2.51. The zero-order valence-electron chi connectivity index (χ0n) is 20.1. The second-order valence-corrected chi connectivity index (χ2v) is 9.49. The molecule has 0 spiro atoms. The van der Waals surface area contributed by atoms with Gasteiger partial charge in [0.05, 0.1) is 11.1 Å². The summed E-state index contributed by atoms with van der Waals surface area (Å²) in [4.78, 5) is 52.7. The van der Waals surface area contributed by atoms with Crippen molar-refractivity contribution in [2.75, 3.05) is 48.9 Å². The van der Waals surface area contributed by atoms with E-state index >= 15 is 0 Å². The van der Waals surface area contributed by atoms with Gasteiger partial charge in [0.1, 0.15) is 25.5 Å². The van der Waals surface area contributed by atoms with E-state index in [-0.39, 0.29) is 11.6 Å². The Morgan fingerprint density at radius 3 is 2.39 bits per heavy atom. The van der Waals surface area contributed by atoms with Gasteiger partial charge in [0.2, 0.25) is 0 Å². The predicted octanol–water partition coefficient (Wildman–Crippen LogP) is 1.10. The molecule has 0 bridgehead atoms. The summed E-state index contributed by atoms with van der Waals surface area (Å²) in [6, 6.07) is 9.03. The summed E-state index contributed by atoms with van der Waals surface area (Å²) in [6.07, 6.45) is 2.62. The van der Waals surface area contributed by atoms with Crippen molar-refractivity contribution in [3.63, 3.8) is 0 Å². The Morgan fingerprint density at radius 2 is 1.74 bits per heavy atom. The first kappa shape index (κ1) is 23.5. The molecule has 0 unspecified atom stereocenters. The number of benzene rings is 2. The molecule has 192 valence electrons. The zero-order valence-corrected chi connectivity index (χ0v) is 21.0. The van der Waals surface area contributed by atoms with Gasteiger partial charge in [-0.3, -0.25) is 14.4 Å². The maximum Gasteiger partial charge on any atom is 0.280 e. The fourth-order valence-corrected chi connectivity index (χ4v) is 5.38. The van der Waals surface area contributed by atoms with Crippen LogP contribution in [0.4, 0.5) is 10.8 Å². The maximum absolute atomic E-state index is 13.3. The van der Waals surface area contributed by atoms with E-state index in [0.717, 1.165) is 16.1 Å². The summed E-state index contributed by atoms with van der Waals surface area (Å²) < 4.78 is 1.28. The average molecular weight is 532 g/mol. The van der Waals surface area contributed by atoms with Crippen LogP contribution in [-0.4, -0.2) is 81.5 Å². The number of hydrogen-bond acceptors (Lipinski definition) is 11. The van der Waals surface area contributed by atoms with Crippen LogP contribution in [0, 0.1) is 0 Å². The molecule has 0 atom stereocenters. The molecule has 1 saturated heterocycles. The van der Waals surface area contributed by atoms with Gasteiger partial charge in [0.25, 0.3) is 17.7 Å². The van der Waals surface area contributed by atoms with E-state index in [0.29, 0.717) is 53.5 Å². The highest BCUT2D eigenvalue weighted by Gasteiger charge is 2.36. The molecular weight excluding hydrogens is 510 g/mol. The Morgan fingerprint density at radius 1 is 1.03 bits per heavy atom. The topological polar surface area (TPSA) is 152 Å². The number of carbonyl (C=O) groups excluding carboxylic acids is 3. The molecule has 6 rings (SSSR count). The van der Waals surface area contributed by atoms with Crippen LogP contribution < -0.4 is 15.6 Å². The Labute approximate surface area is 219 Å². The van der Waals surface area contributed by atoms with E-state index in [1.54, 1.807) is 28.5 Å². The van der Waals surface area contributed by atoms with Crippen molar-refractivity contribution >= 4 is 56.4 Å². The van der Waals surface area contributed by atoms with Crippen LogP contribution in [0.3, 0.4) is 0 Å². The smallest absolute Gasteiger partial charge is 0.280 e. The van der Waals surface area contributed by atoms with Crippen LogP contribution >= 0.6 is 11.3 Å². The first-order valence-electron chi connectivity index (χ1n) is 11.6. The lowest BCUT2D eigenvalue weighted by molar-refractivity contribution is -0.124. The maximum atomic E-state index is 13.3. The fraction of sp³-hybridized carbons (Fsp3) is 0.208. The number of nitrogen functional groups attached to an aromatic ring is 1. The number of thiazole rings is 1. The number of oxime groups is 1. The number of nitrogens with two attached hydrogens (primary N) is 1. The minimum absolute atomic E-state index is 0.102. The lowest BCUT2D eigenvalue weighted by Gasteiger charge is -2.37. The third-order valence-corrected chi connectivity index (χ3v) is 7.23. The largest absolute Gasteiger partial charge is 0.398 e. The average Bonchev–Trinajstić information content (AvgIpc) is 3.62. The van der Waals surface area contributed by atoms with Crippen molar-refractivity contribution in [1.82, 2.24) is 24.8 Å². The summed E-state index contributed by atoms with van der Waals surface area (Å²) in [6.45, 7) is 1.95. The van der Waals surface area contributed by atoms with Crippen LogP contribution in [0.15, 0.2) is 53.5 Å². The predicted molar refractivity (Wildman–Crippen MR) is 140 cm³/mol. The molecule has 2 aromatic carbocycles. The van der Waals surface area contributed by atoms with Crippen LogP contribution in [-0.2, 0) is 9.63 Å². The van der Waals surface area contributed by atoms with E-state index in [9.17, 15) is 14.4 Å². The van der Waals surface area contributed by atoms with Crippen LogP contribution in [0.2, 0.25) is 0 Å². The summed E-state index contributed by atoms with van der Waals surface area (Å²) in [5.74, 6) is -1.19. The third kappa shape index (κ3) is 3.73. The highest BCUT2D eigenvalue weighted by atomic mass is 32.1. The van der Waals surface area contributed by atoms with Gasteiger partial charge in [-0.2, -0.15) is 5.01 Å². The molecule has 14 heteroatoms. The van der Waals surface area contributed by atoms with E-state index < -0.39 is 11.8 Å². The molecule has 0 radical (unpaired) electrons. The molecule has 0 aliphatic carbocycles. The lowest BCUT2D eigenvalue weighted by atomic mass is 9.93. The normalized spacial score (nSPS) is 15.9. The van der Waals surface area contributed by atoms with Gasteiger partial charge in [-0.25, -0.2) is 9.66 Å². The molecule has 3 amide bonds. The van der Waals surface area contributed by atoms with E-state index in [4.69, 9.17) is 10.6 Å². The highest BCUT2D eigenvalue weighted by Crippen LogP contribution is 2.36. The van der Waals surface area contributed by atoms with Crippen molar-refractivity contribution in [1.29, 1.82) is 0 Å². The van der Waals surface area contributed by atoms with Crippen molar-refractivity contribution in [2.45, 2.75) is 0 Å². The summed E-state index contributed by atoms with van der Waals surface area (Å²) in [5.41, 5.74) is 7.93. The minimum Gasteiger partial charge on any atom is -0.398 e. The van der Waals surface area contributed by atoms with Gasteiger partial charge < -0.3 is 20.4 Å². The second kappa shape index (κ2) is 9.23. The first-order valence-corrected chi connectivity index (χ1v) is 12.5. The summed E-state index contributed by atoms with van der Waals surface area (Å²) >= 11 is 1.22. The molecule has 4 aromatic rings. The molecule has 38 heavy (non-hydrogen) atoms. The minimum atomic E-state index is -0.451. The monoisotopic (exact) mass is 531 g/mol. The summed E-state index contributed by atoms with van der Waals surface area (Å²) in [7, 11) is 1.37. The van der Waals surface area contributed by atoms with Gasteiger partial charge >= 0.3 is 0 Å². The van der Waals surface area contributed by atoms with Gasteiger partial charge in [-0.1, -0.05) is 17.3 Å². The van der Waals surface area contributed by atoms with Crippen molar-refractivity contribution < 1.29 is 19.2 Å². The van der Waals surface area contributed by atoms with Crippen molar-refractivity contribution in [2.24, 2.45) is 5.16 Å². The van der Waals surface area contributed by atoms with E-state index in [1.807, 2.05) is 12.1 Å². The third-order valence-electron chi connectivity index (χ3n) is 6.56. The number of carbonyl (C=O) groups is 3. The number of aromatic nitrogens is 4. The van der Waals surface area contributed by atoms with Crippen molar-refractivity contribution in [3.05, 3.63) is 65.2 Å². The number of rotatable bonds is 5. The molecule has 13 nitrogen and oxygen atoms in total. The van der Waals surface area contributed by atoms with Gasteiger partial charge in [-0.05, 0) is 18.2 Å². The second-order valence-electron chi connectivity index (χ2n) is 8.60. The quantitative estimate of drug-likeness (QED) is 0.227. The molecule has 1 fully saturated rings. The summed E-state index contributed by atoms with van der Waals surface area (Å²) in [5, 5.41) is 15.8. The van der Waals surface area contributed by atoms with Crippen LogP contribution in [0.1, 0.15) is 26.4 Å². The number of hydrogen-bond donors (Lipinski definition) is 1. The van der Waals surface area contributed by atoms with E-state index in [1.165, 1.54) is 35.8 Å². The number of imide groups is 1. The SMILES string of the molecule is CO/N=C(\C(=O)N1CCN(c2ccc3c4c(cccc24)C(=O)N(n2cnnc2)C3=O)CC1)c1csc(N)n1. The Kier molecular flexibility index (Phi) is 5.72. The Balaban J connectivity index is 1.27. The van der Waals surface area contributed by atoms with Crippen LogP contribution in [0.25, 0.3) is 10.8 Å². The van der Waals surface area contributed by atoms with E-state index in [2.05, 4.69) is 25.2 Å². The number of anilines is 2. The standard InChI is InChI=1S/C24H21N9O4S/c1-37-29-20(17-11-38-24(25)28-17)23(36)31-9-7-30(8-10-31)18-6-5-16-19-14(18)3-2-4-15(19)21(34)33(22(16)35)32-12-26-27-13-32/h2-6,11-13H,7-10H2,1H3,(H2,25,28)/b29-20-. The van der Waals surface area contributed by atoms with Gasteiger partial charge in [-0.15, -0.1) is 21.5 Å². The fourth-order valence-electron chi connectivity index (χ4n) is 4.84. The first-order chi connectivity index (χ1) is 18.5. The molecule has 0 saturated carbocycles. The zero-order chi connectivity index (χ0) is 26.4. The molecule has 2 aliphatic heterocycles. The van der Waals surface area contributed by atoms with Crippen LogP contribution in [0.5, 0.6) is 0 Å². The number of amides is 3. The molecule has 2 aromatic heterocycles. The van der Waals surface area contributed by atoms with Crippen molar-refractivity contribution in [3.8, 4) is 0 Å². The molecular formula is C24H21N9O4S. The Hall–Kier alpha value is -4.85.